The van der Waals surface area contributed by atoms with E-state index in [-0.39, 0.29) is 12.0 Å². The Bertz CT molecular complexity index is 688. The van der Waals surface area contributed by atoms with Gasteiger partial charge in [-0.15, -0.1) is 5.73 Å². The van der Waals surface area contributed by atoms with Crippen molar-refractivity contribution in [2.45, 2.75) is 71.7 Å². The third kappa shape index (κ3) is 5.94. The van der Waals surface area contributed by atoms with E-state index < -0.39 is 10.0 Å². The molecule has 3 nitrogen and oxygen atoms in total. The van der Waals surface area contributed by atoms with Crippen LogP contribution in [0, 0.1) is 26.7 Å². The molecule has 0 saturated carbocycles. The lowest BCUT2D eigenvalue weighted by molar-refractivity contribution is 0.508. The summed E-state index contributed by atoms with van der Waals surface area (Å²) in [7, 11) is -3.57. The lowest BCUT2D eigenvalue weighted by Gasteiger charge is -2.20. The zero-order chi connectivity index (χ0) is 18.3. The minimum absolute atomic E-state index is 0.151. The van der Waals surface area contributed by atoms with Gasteiger partial charge in [-0.1, -0.05) is 44.9 Å². The van der Waals surface area contributed by atoms with Gasteiger partial charge in [-0.2, -0.15) is 0 Å². The molecule has 1 rings (SSSR count). The third-order valence-electron chi connectivity index (χ3n) is 3.98. The molecule has 0 aromatic heterocycles. The van der Waals surface area contributed by atoms with Gasteiger partial charge in [0.15, 0.2) is 0 Å². The fraction of sp³-hybridized carbons (Fsp3) is 0.550. The van der Waals surface area contributed by atoms with Crippen LogP contribution in [0.5, 0.6) is 0 Å². The summed E-state index contributed by atoms with van der Waals surface area (Å²) in [6.45, 7) is 11.8. The Morgan fingerprint density at radius 1 is 1.17 bits per heavy atom. The second-order valence-corrected chi connectivity index (χ2v) is 8.45. The molecule has 0 spiro atoms. The monoisotopic (exact) mass is 349 g/mol. The minimum Gasteiger partial charge on any atom is -0.207 e. The predicted octanol–water partition coefficient (Wildman–Crippen LogP) is 4.82. The van der Waals surface area contributed by atoms with Crippen LogP contribution in [0.15, 0.2) is 34.9 Å². The van der Waals surface area contributed by atoms with Crippen molar-refractivity contribution in [3.8, 4) is 0 Å². The molecule has 0 fully saturated rings. The van der Waals surface area contributed by atoms with E-state index in [2.05, 4.69) is 17.4 Å². The van der Waals surface area contributed by atoms with E-state index in [9.17, 15) is 8.42 Å². The highest BCUT2D eigenvalue weighted by Crippen LogP contribution is 2.22. The van der Waals surface area contributed by atoms with Crippen molar-refractivity contribution in [2.24, 2.45) is 5.92 Å². The number of hydrogen-bond donors (Lipinski definition) is 1. The van der Waals surface area contributed by atoms with E-state index in [1.54, 1.807) is 0 Å². The van der Waals surface area contributed by atoms with E-state index in [0.717, 1.165) is 36.0 Å². The molecule has 0 saturated heterocycles. The zero-order valence-electron chi connectivity index (χ0n) is 15.8. The Labute approximate surface area is 147 Å². The smallest absolute Gasteiger partial charge is 0.207 e. The molecular formula is C20H31NO2S. The summed E-state index contributed by atoms with van der Waals surface area (Å²) < 4.78 is 28.6. The number of benzene rings is 1. The Morgan fingerprint density at radius 2 is 1.75 bits per heavy atom. The zero-order valence-corrected chi connectivity index (χ0v) is 16.6. The van der Waals surface area contributed by atoms with E-state index in [1.165, 1.54) is 0 Å². The lowest BCUT2D eigenvalue weighted by atomic mass is 10.1. The van der Waals surface area contributed by atoms with Gasteiger partial charge in [-0.3, -0.25) is 0 Å². The van der Waals surface area contributed by atoms with Crippen LogP contribution in [-0.4, -0.2) is 14.5 Å². The third-order valence-corrected chi connectivity index (χ3v) is 5.74. The van der Waals surface area contributed by atoms with E-state index >= 15 is 0 Å². The minimum atomic E-state index is -3.57. The number of unbranched alkanes of at least 4 members (excludes halogenated alkanes) is 2. The van der Waals surface area contributed by atoms with Crippen molar-refractivity contribution in [2.75, 3.05) is 0 Å². The largest absolute Gasteiger partial charge is 0.241 e. The lowest BCUT2D eigenvalue weighted by Crippen LogP contribution is -2.37. The highest BCUT2D eigenvalue weighted by atomic mass is 32.2. The van der Waals surface area contributed by atoms with E-state index in [0.29, 0.717) is 4.90 Å². The summed E-state index contributed by atoms with van der Waals surface area (Å²) in [4.78, 5) is 0.391. The molecule has 0 aliphatic heterocycles. The highest BCUT2D eigenvalue weighted by Gasteiger charge is 2.24. The first-order valence-electron chi connectivity index (χ1n) is 8.70. The van der Waals surface area contributed by atoms with Gasteiger partial charge < -0.3 is 0 Å². The van der Waals surface area contributed by atoms with Crippen LogP contribution in [0.4, 0.5) is 0 Å². The summed E-state index contributed by atoms with van der Waals surface area (Å²) in [5, 5.41) is 0. The molecule has 1 aromatic rings. The van der Waals surface area contributed by atoms with Crippen molar-refractivity contribution in [3.05, 3.63) is 46.7 Å². The maximum atomic E-state index is 12.9. The number of rotatable bonds is 8. The predicted molar refractivity (Wildman–Crippen MR) is 102 cm³/mol. The van der Waals surface area contributed by atoms with Crippen LogP contribution < -0.4 is 4.72 Å². The molecule has 134 valence electrons. The molecule has 0 radical (unpaired) electrons. The summed E-state index contributed by atoms with van der Waals surface area (Å²) in [5.41, 5.74) is 5.77. The van der Waals surface area contributed by atoms with Crippen molar-refractivity contribution in [3.63, 3.8) is 0 Å². The van der Waals surface area contributed by atoms with Gasteiger partial charge in [0.05, 0.1) is 4.90 Å². The summed E-state index contributed by atoms with van der Waals surface area (Å²) >= 11 is 0. The van der Waals surface area contributed by atoms with Crippen LogP contribution in [0.25, 0.3) is 0 Å². The fourth-order valence-corrected chi connectivity index (χ4v) is 4.53. The molecule has 1 aromatic carbocycles. The average molecular weight is 350 g/mol. The van der Waals surface area contributed by atoms with Gasteiger partial charge in [0.1, 0.15) is 0 Å². The fourth-order valence-electron chi connectivity index (χ4n) is 2.75. The van der Waals surface area contributed by atoms with E-state index in [4.69, 9.17) is 0 Å². The first-order chi connectivity index (χ1) is 11.2. The molecule has 24 heavy (non-hydrogen) atoms. The molecule has 1 atom stereocenters. The highest BCUT2D eigenvalue weighted by molar-refractivity contribution is 7.89. The molecule has 0 unspecified atom stereocenters. The van der Waals surface area contributed by atoms with E-state index in [1.807, 2.05) is 58.9 Å². The normalized spacial score (nSPS) is 12.8. The molecular weight excluding hydrogens is 318 g/mol. The topological polar surface area (TPSA) is 46.2 Å². The van der Waals surface area contributed by atoms with Gasteiger partial charge in [0.2, 0.25) is 10.0 Å². The van der Waals surface area contributed by atoms with Gasteiger partial charge >= 0.3 is 0 Å². The Balaban J connectivity index is 3.08. The molecule has 0 heterocycles. The Hall–Kier alpha value is -1.35. The summed E-state index contributed by atoms with van der Waals surface area (Å²) in [6, 6.07) is 3.55. The Kier molecular flexibility index (Phi) is 7.95. The quantitative estimate of drug-likeness (QED) is 0.540. The second kappa shape index (κ2) is 9.22. The summed E-state index contributed by atoms with van der Waals surface area (Å²) in [5.74, 6) is 0.151. The number of aryl methyl sites for hydroxylation is 3. The molecule has 0 aliphatic carbocycles. The van der Waals surface area contributed by atoms with Crippen LogP contribution in [-0.2, 0) is 10.0 Å². The first kappa shape index (κ1) is 20.7. The van der Waals surface area contributed by atoms with Crippen LogP contribution >= 0.6 is 0 Å². The Morgan fingerprint density at radius 3 is 2.25 bits per heavy atom. The van der Waals surface area contributed by atoms with Crippen LogP contribution in [0.2, 0.25) is 0 Å². The second-order valence-electron chi connectivity index (χ2n) is 6.80. The standard InChI is InChI=1S/C20H31NO2S/c1-7-8-9-10-11-12-19(15(2)3)21-24(22,23)20-17(5)13-16(4)14-18(20)6/h10,12-15,19,21H,7-9H2,1-6H3/t11?,19-/m1/s1. The van der Waals surface area contributed by atoms with Crippen LogP contribution in [0.3, 0.4) is 0 Å². The average Bonchev–Trinajstić information content (AvgIpc) is 2.43. The maximum absolute atomic E-state index is 12.9. The molecule has 1 N–H and O–H groups in total. The van der Waals surface area contributed by atoms with Crippen molar-refractivity contribution < 1.29 is 8.42 Å². The van der Waals surface area contributed by atoms with Crippen molar-refractivity contribution >= 4 is 10.0 Å². The van der Waals surface area contributed by atoms with Gasteiger partial charge in [-0.05, 0) is 62.8 Å². The van der Waals surface area contributed by atoms with Crippen molar-refractivity contribution in [1.82, 2.24) is 4.72 Å². The number of hydrogen-bond acceptors (Lipinski definition) is 2. The molecule has 4 heteroatoms. The molecule has 0 bridgehead atoms. The van der Waals surface area contributed by atoms with Gasteiger partial charge in [-0.25, -0.2) is 13.1 Å². The number of nitrogens with one attached hydrogen (secondary N) is 1. The number of sulfonamides is 1. The SMILES string of the molecule is CCCCC=C=C[C@@H](NS(=O)(=O)c1c(C)cc(C)cc1C)C(C)C. The first-order valence-corrected chi connectivity index (χ1v) is 10.2. The van der Waals surface area contributed by atoms with Gasteiger partial charge in [0, 0.05) is 6.04 Å². The molecule has 0 aliphatic rings. The van der Waals surface area contributed by atoms with Crippen molar-refractivity contribution in [1.29, 1.82) is 0 Å². The molecule has 0 amide bonds. The maximum Gasteiger partial charge on any atom is 0.241 e. The summed E-state index contributed by atoms with van der Waals surface area (Å²) in [6.07, 6.45) is 7.05. The van der Waals surface area contributed by atoms with Gasteiger partial charge in [0.25, 0.3) is 0 Å². The van der Waals surface area contributed by atoms with Crippen LogP contribution in [0.1, 0.15) is 56.7 Å².